The molecule has 0 amide bonds. The van der Waals surface area contributed by atoms with Crippen molar-refractivity contribution >= 4 is 16.0 Å². The number of hydrogen-bond donors (Lipinski definition) is 0. The fourth-order valence-corrected chi connectivity index (χ4v) is 0. The Bertz CT molecular complexity index is 26.3. The van der Waals surface area contributed by atoms with Gasteiger partial charge in [-0.15, -0.1) is 0 Å². The second kappa shape index (κ2) is 3.10. The molecular weight excluding hydrogens is 256 g/mol. The van der Waals surface area contributed by atoms with Crippen molar-refractivity contribution in [3.8, 4) is 0 Å². The quantitative estimate of drug-likeness (QED) is 0.559. The first-order valence-corrected chi connectivity index (χ1v) is 1.63. The molecule has 0 nitrogen and oxygen atoms in total. The molecule has 0 saturated carbocycles. The maximum absolute atomic E-state index is 10.3. The summed E-state index contributed by atoms with van der Waals surface area (Å²) < 4.78 is 30.9. The summed E-state index contributed by atoms with van der Waals surface area (Å²) in [5.74, 6) is 0. The van der Waals surface area contributed by atoms with E-state index in [1.165, 1.54) is 0 Å². The van der Waals surface area contributed by atoms with E-state index in [9.17, 15) is 13.2 Å². The predicted octanol–water partition coefficient (Wildman–Crippen LogP) is 0.672. The van der Waals surface area contributed by atoms with Gasteiger partial charge < -0.3 is 0 Å². The molecule has 2 radical (unpaired) electrons. The Morgan fingerprint density at radius 1 is 1.17 bits per heavy atom. The second-order valence-corrected chi connectivity index (χ2v) is 1.42. The Morgan fingerprint density at radius 3 is 1.17 bits per heavy atom. The Balaban J connectivity index is 0. The molecule has 6 heavy (non-hydrogen) atoms. The minimum Gasteiger partial charge on any atom is 0 e. The van der Waals surface area contributed by atoms with E-state index in [4.69, 9.17) is 0 Å². The van der Waals surface area contributed by atoms with Crippen molar-refractivity contribution in [3.05, 3.63) is 0 Å². The van der Waals surface area contributed by atoms with E-state index in [0.29, 0.717) is 0 Å². The minimum absolute atomic E-state index is 0. The van der Waals surface area contributed by atoms with Crippen molar-refractivity contribution in [2.24, 2.45) is 0 Å². The Morgan fingerprint density at radius 2 is 1.17 bits per heavy atom. The van der Waals surface area contributed by atoms with Crippen molar-refractivity contribution < 1.29 is 35.6 Å². The van der Waals surface area contributed by atoms with Crippen LogP contribution in [-0.2, 0) is 22.4 Å². The van der Waals surface area contributed by atoms with Gasteiger partial charge in [0.05, 0.1) is 0 Å². The van der Waals surface area contributed by atoms with Crippen LogP contribution in [0.15, 0.2) is 0 Å². The van der Waals surface area contributed by atoms with Gasteiger partial charge in [-0.25, -0.2) is 0 Å². The summed E-state index contributed by atoms with van der Waals surface area (Å²) in [6.07, 6.45) is 0. The van der Waals surface area contributed by atoms with Crippen LogP contribution >= 0.6 is 0 Å². The molecule has 0 atom stereocenters. The first-order valence-electron chi connectivity index (χ1n) is 0.771. The topological polar surface area (TPSA) is 0 Å². The van der Waals surface area contributed by atoms with Crippen LogP contribution in [0.3, 0.4) is 0 Å². The van der Waals surface area contributed by atoms with Gasteiger partial charge in [0, 0.05) is 22.4 Å². The van der Waals surface area contributed by atoms with Crippen LogP contribution in [0.25, 0.3) is 0 Å². The summed E-state index contributed by atoms with van der Waals surface area (Å²) in [4.78, 5) is 0. The van der Waals surface area contributed by atoms with Gasteiger partial charge in [0.25, 0.3) is 0 Å². The van der Waals surface area contributed by atoms with E-state index in [-0.39, 0.29) is 22.4 Å². The van der Waals surface area contributed by atoms with Crippen molar-refractivity contribution in [2.45, 2.75) is 5.07 Å². The minimum atomic E-state index is -4.12. The van der Waals surface area contributed by atoms with Crippen LogP contribution in [0.2, 0.25) is 0 Å². The van der Waals surface area contributed by atoms with Gasteiger partial charge in [-0.2, -0.15) is 0 Å². The summed E-state index contributed by atoms with van der Waals surface area (Å²) in [6, 6.07) is 0. The Labute approximate surface area is 56.8 Å². The fraction of sp³-hybridized carbons (Fsp3) is 1.00. The van der Waals surface area contributed by atoms with Crippen LogP contribution in [0, 0.1) is 0 Å². The van der Waals surface area contributed by atoms with Gasteiger partial charge in [-0.05, 0) is 0 Å². The van der Waals surface area contributed by atoms with Gasteiger partial charge in [-0.1, -0.05) is 0 Å². The van der Waals surface area contributed by atoms with Crippen molar-refractivity contribution in [2.75, 3.05) is 0 Å². The first kappa shape index (κ1) is 10.1. The van der Waals surface area contributed by atoms with Crippen molar-refractivity contribution in [1.82, 2.24) is 0 Å². The molecule has 0 bridgehead atoms. The normalized spacial score (nSPS) is 10.0. The molecule has 0 rings (SSSR count). The number of rotatable bonds is 0. The van der Waals surface area contributed by atoms with Crippen molar-refractivity contribution in [3.63, 3.8) is 0 Å². The third kappa shape index (κ3) is 75.2. The molecule has 0 aliphatic carbocycles. The molecule has 5 heteroatoms. The van der Waals surface area contributed by atoms with E-state index in [2.05, 4.69) is 0 Å². The largest absolute Gasteiger partial charge is 0 e. The zero-order valence-corrected chi connectivity index (χ0v) is 5.54. The zero-order chi connectivity index (χ0) is 4.50. The second-order valence-electron chi connectivity index (χ2n) is 0.446. The monoisotopic (exact) mass is 256 g/mol. The predicted molar refractivity (Wildman–Crippen MR) is 11.8 cm³/mol. The summed E-state index contributed by atoms with van der Waals surface area (Å²) >= 11 is 0.979. The molecule has 0 N–H and O–H groups in total. The number of alkyl halides is 3. The van der Waals surface area contributed by atoms with E-state index < -0.39 is 5.07 Å². The molecule has 42 valence electrons. The molecule has 0 aliphatic heterocycles. The summed E-state index contributed by atoms with van der Waals surface area (Å²) in [6.45, 7) is 0. The van der Waals surface area contributed by atoms with Crippen molar-refractivity contribution in [1.29, 1.82) is 0 Å². The molecule has 0 aliphatic rings. The standard InChI is InChI=1S/CF3Se.Ag/c2-1(3,4)5;. The fourth-order valence-electron chi connectivity index (χ4n) is 0. The summed E-state index contributed by atoms with van der Waals surface area (Å²) in [7, 11) is 0. The number of halogens is 3. The number of hydrogen-bond acceptors (Lipinski definition) is 0. The summed E-state index contributed by atoms with van der Waals surface area (Å²) in [5, 5.41) is -4.12. The molecule has 0 fully saturated rings. The average Bonchev–Trinajstić information content (AvgIpc) is 0.722. The van der Waals surface area contributed by atoms with Gasteiger partial charge in [-0.3, -0.25) is 0 Å². The molecular formula is CAgF3Se. The van der Waals surface area contributed by atoms with Crippen LogP contribution in [0.4, 0.5) is 13.2 Å². The maximum Gasteiger partial charge on any atom is 0 e. The van der Waals surface area contributed by atoms with Crippen LogP contribution in [0.1, 0.15) is 0 Å². The molecule has 0 unspecified atom stereocenters. The van der Waals surface area contributed by atoms with E-state index >= 15 is 0 Å². The molecule has 0 aromatic rings. The van der Waals surface area contributed by atoms with Crippen LogP contribution in [0.5, 0.6) is 0 Å². The zero-order valence-electron chi connectivity index (χ0n) is 2.34. The molecule has 0 spiro atoms. The van der Waals surface area contributed by atoms with Gasteiger partial charge in [0.15, 0.2) is 0 Å². The molecule has 0 aromatic heterocycles. The third-order valence-electron chi connectivity index (χ3n) is 0. The van der Waals surface area contributed by atoms with E-state index in [1.54, 1.807) is 0 Å². The van der Waals surface area contributed by atoms with Crippen LogP contribution < -0.4 is 0 Å². The Hall–Kier alpha value is 1.05. The molecule has 0 aromatic carbocycles. The molecule has 0 saturated heterocycles. The SMILES string of the molecule is FC(F)(F)[Se].[Ag]. The van der Waals surface area contributed by atoms with E-state index in [1.807, 2.05) is 0 Å². The first-order chi connectivity index (χ1) is 2.00. The third-order valence-corrected chi connectivity index (χ3v) is 0. The summed E-state index contributed by atoms with van der Waals surface area (Å²) in [5.41, 5.74) is 0. The van der Waals surface area contributed by atoms with Gasteiger partial charge in [0.1, 0.15) is 0 Å². The van der Waals surface area contributed by atoms with Gasteiger partial charge in [0.2, 0.25) is 0 Å². The molecule has 0 heterocycles. The van der Waals surface area contributed by atoms with Crippen LogP contribution in [-0.4, -0.2) is 21.1 Å². The van der Waals surface area contributed by atoms with Gasteiger partial charge >= 0.3 is 34.3 Å². The van der Waals surface area contributed by atoms with E-state index in [0.717, 1.165) is 16.0 Å². The average molecular weight is 256 g/mol. The maximum atomic E-state index is 10.3. The smallest absolute Gasteiger partial charge is 0 e. The Kier molecular flexibility index (Phi) is 5.23.